The van der Waals surface area contributed by atoms with Crippen LogP contribution in [-0.2, 0) is 9.84 Å². The molecule has 1 aromatic rings. The molecule has 21 heavy (non-hydrogen) atoms. The van der Waals surface area contributed by atoms with Gasteiger partial charge in [-0.2, -0.15) is 0 Å². The van der Waals surface area contributed by atoms with Gasteiger partial charge in [0.05, 0.1) is 16.3 Å². The van der Waals surface area contributed by atoms with E-state index in [9.17, 15) is 8.42 Å². The molecule has 0 aliphatic carbocycles. The van der Waals surface area contributed by atoms with Gasteiger partial charge in [-0.25, -0.2) is 8.42 Å². The summed E-state index contributed by atoms with van der Waals surface area (Å²) in [6.45, 7) is 10.1. The zero-order chi connectivity index (χ0) is 16.1. The number of anilines is 1. The second-order valence-electron chi connectivity index (χ2n) is 6.16. The Morgan fingerprint density at radius 3 is 2.33 bits per heavy atom. The van der Waals surface area contributed by atoms with Gasteiger partial charge in [-0.1, -0.05) is 39.8 Å². The summed E-state index contributed by atoms with van der Waals surface area (Å²) < 4.78 is 24.6. The first-order chi connectivity index (χ1) is 9.77. The summed E-state index contributed by atoms with van der Waals surface area (Å²) in [5.41, 5.74) is 6.57. The van der Waals surface area contributed by atoms with Crippen LogP contribution in [0.15, 0.2) is 29.2 Å². The van der Waals surface area contributed by atoms with Crippen LogP contribution < -0.4 is 10.6 Å². The van der Waals surface area contributed by atoms with Gasteiger partial charge < -0.3 is 10.6 Å². The Balaban J connectivity index is 3.27. The number of nitrogens with two attached hydrogens (primary N) is 1. The fourth-order valence-corrected chi connectivity index (χ4v) is 3.39. The highest BCUT2D eigenvalue weighted by Gasteiger charge is 2.24. The van der Waals surface area contributed by atoms with E-state index in [2.05, 4.69) is 25.7 Å². The van der Waals surface area contributed by atoms with Crippen molar-refractivity contribution in [2.75, 3.05) is 30.3 Å². The fraction of sp³-hybridized carbons (Fsp3) is 0.625. The van der Waals surface area contributed by atoms with Gasteiger partial charge in [0.1, 0.15) is 0 Å². The van der Waals surface area contributed by atoms with Crippen molar-refractivity contribution in [2.45, 2.75) is 39.0 Å². The zero-order valence-electron chi connectivity index (χ0n) is 13.6. The number of rotatable bonds is 8. The van der Waals surface area contributed by atoms with Gasteiger partial charge in [-0.15, -0.1) is 0 Å². The van der Waals surface area contributed by atoms with Crippen LogP contribution in [0.1, 0.15) is 34.1 Å². The lowest BCUT2D eigenvalue weighted by atomic mass is 9.92. The van der Waals surface area contributed by atoms with Gasteiger partial charge >= 0.3 is 0 Å². The van der Waals surface area contributed by atoms with E-state index in [1.807, 2.05) is 12.1 Å². The van der Waals surface area contributed by atoms with E-state index in [0.717, 1.165) is 25.2 Å². The monoisotopic (exact) mass is 312 g/mol. The van der Waals surface area contributed by atoms with Crippen molar-refractivity contribution >= 4 is 15.5 Å². The van der Waals surface area contributed by atoms with Crippen molar-refractivity contribution in [3.05, 3.63) is 24.3 Å². The summed E-state index contributed by atoms with van der Waals surface area (Å²) >= 11 is 0. The molecule has 0 aliphatic heterocycles. The Morgan fingerprint density at radius 1 is 1.19 bits per heavy atom. The molecule has 0 amide bonds. The molecule has 0 radical (unpaired) electrons. The molecule has 1 rings (SSSR count). The molecule has 5 heteroatoms. The molecule has 4 nitrogen and oxygen atoms in total. The van der Waals surface area contributed by atoms with Crippen LogP contribution in [0, 0.1) is 5.41 Å². The van der Waals surface area contributed by atoms with Crippen molar-refractivity contribution in [2.24, 2.45) is 11.1 Å². The number of hydrogen-bond donors (Lipinski definition) is 1. The van der Waals surface area contributed by atoms with Crippen LogP contribution in [-0.4, -0.2) is 33.8 Å². The van der Waals surface area contributed by atoms with E-state index in [0.29, 0.717) is 11.4 Å². The predicted octanol–water partition coefficient (Wildman–Crippen LogP) is 2.68. The first-order valence-electron chi connectivity index (χ1n) is 7.54. The molecule has 0 fully saturated rings. The topological polar surface area (TPSA) is 63.4 Å². The van der Waals surface area contributed by atoms with Crippen LogP contribution in [0.4, 0.5) is 5.69 Å². The lowest BCUT2D eigenvalue weighted by Crippen LogP contribution is -2.39. The van der Waals surface area contributed by atoms with E-state index in [1.54, 1.807) is 19.1 Å². The Bertz CT molecular complexity index is 553. The minimum Gasteiger partial charge on any atom is -0.370 e. The standard InChI is InChI=1S/C16H28N2O2S/c1-5-11-18(13-16(3,4)12-17)14-9-7-8-10-15(14)21(19,20)6-2/h7-10H,5-6,11-13,17H2,1-4H3. The largest absolute Gasteiger partial charge is 0.370 e. The van der Waals surface area contributed by atoms with Gasteiger partial charge in [0.2, 0.25) is 0 Å². The summed E-state index contributed by atoms with van der Waals surface area (Å²) in [6, 6.07) is 7.27. The Labute approximate surface area is 129 Å². The second kappa shape index (κ2) is 7.27. The van der Waals surface area contributed by atoms with E-state index in [-0.39, 0.29) is 11.2 Å². The number of sulfone groups is 1. The molecule has 2 N–H and O–H groups in total. The lowest BCUT2D eigenvalue weighted by molar-refractivity contribution is 0.377. The summed E-state index contributed by atoms with van der Waals surface area (Å²) in [5.74, 6) is 0.115. The molecule has 0 spiro atoms. The van der Waals surface area contributed by atoms with Crippen LogP contribution >= 0.6 is 0 Å². The molecule has 0 aliphatic rings. The number of nitrogens with zero attached hydrogens (tertiary/aromatic N) is 1. The molecule has 0 atom stereocenters. The Morgan fingerprint density at radius 2 is 1.81 bits per heavy atom. The highest BCUT2D eigenvalue weighted by Crippen LogP contribution is 2.29. The molecule has 1 aromatic carbocycles. The van der Waals surface area contributed by atoms with Gasteiger partial charge in [-0.3, -0.25) is 0 Å². The van der Waals surface area contributed by atoms with Gasteiger partial charge in [0.15, 0.2) is 9.84 Å². The van der Waals surface area contributed by atoms with Gasteiger partial charge in [0.25, 0.3) is 0 Å². The molecule has 0 unspecified atom stereocenters. The summed E-state index contributed by atoms with van der Waals surface area (Å²) in [7, 11) is -3.23. The maximum atomic E-state index is 12.3. The van der Waals surface area contributed by atoms with Crippen LogP contribution in [0.2, 0.25) is 0 Å². The summed E-state index contributed by atoms with van der Waals surface area (Å²) in [4.78, 5) is 2.57. The van der Waals surface area contributed by atoms with E-state index < -0.39 is 9.84 Å². The lowest BCUT2D eigenvalue weighted by Gasteiger charge is -2.34. The van der Waals surface area contributed by atoms with Gasteiger partial charge in [-0.05, 0) is 30.5 Å². The van der Waals surface area contributed by atoms with Crippen molar-refractivity contribution in [3.63, 3.8) is 0 Å². The average molecular weight is 312 g/mol. The fourth-order valence-electron chi connectivity index (χ4n) is 2.27. The maximum Gasteiger partial charge on any atom is 0.180 e. The maximum absolute atomic E-state index is 12.3. The molecule has 0 bridgehead atoms. The minimum atomic E-state index is -3.23. The summed E-state index contributed by atoms with van der Waals surface area (Å²) in [6.07, 6.45) is 0.959. The molecule has 0 heterocycles. The van der Waals surface area contributed by atoms with Crippen molar-refractivity contribution in [1.82, 2.24) is 0 Å². The van der Waals surface area contributed by atoms with Crippen LogP contribution in [0.3, 0.4) is 0 Å². The van der Waals surface area contributed by atoms with Crippen molar-refractivity contribution < 1.29 is 8.42 Å². The van der Waals surface area contributed by atoms with E-state index in [4.69, 9.17) is 5.73 Å². The van der Waals surface area contributed by atoms with E-state index >= 15 is 0 Å². The first kappa shape index (κ1) is 18.0. The molecule has 120 valence electrons. The molecule has 0 saturated carbocycles. The number of benzene rings is 1. The number of para-hydroxylation sites is 1. The van der Waals surface area contributed by atoms with Crippen LogP contribution in [0.25, 0.3) is 0 Å². The highest BCUT2D eigenvalue weighted by atomic mass is 32.2. The third-order valence-electron chi connectivity index (χ3n) is 3.59. The molecular formula is C16H28N2O2S. The minimum absolute atomic E-state index is 0.0573. The summed E-state index contributed by atoms with van der Waals surface area (Å²) in [5, 5.41) is 0. The van der Waals surface area contributed by atoms with Crippen molar-refractivity contribution in [3.8, 4) is 0 Å². The SMILES string of the molecule is CCCN(CC(C)(C)CN)c1ccccc1S(=O)(=O)CC. The third-order valence-corrected chi connectivity index (χ3v) is 5.36. The number of hydrogen-bond acceptors (Lipinski definition) is 4. The average Bonchev–Trinajstić information content (AvgIpc) is 2.46. The molecular weight excluding hydrogens is 284 g/mol. The van der Waals surface area contributed by atoms with Crippen molar-refractivity contribution in [1.29, 1.82) is 0 Å². The highest BCUT2D eigenvalue weighted by molar-refractivity contribution is 7.91. The molecule has 0 aromatic heterocycles. The zero-order valence-corrected chi connectivity index (χ0v) is 14.4. The first-order valence-corrected chi connectivity index (χ1v) is 9.19. The predicted molar refractivity (Wildman–Crippen MR) is 89.5 cm³/mol. The van der Waals surface area contributed by atoms with Crippen LogP contribution in [0.5, 0.6) is 0 Å². The molecule has 0 saturated heterocycles. The quantitative estimate of drug-likeness (QED) is 0.801. The third kappa shape index (κ3) is 4.71. The smallest absolute Gasteiger partial charge is 0.180 e. The Hall–Kier alpha value is -1.07. The normalized spacial score (nSPS) is 12.4. The second-order valence-corrected chi connectivity index (χ2v) is 8.41. The van der Waals surface area contributed by atoms with E-state index in [1.165, 1.54) is 0 Å². The Kier molecular flexibility index (Phi) is 6.23. The van der Waals surface area contributed by atoms with Gasteiger partial charge in [0, 0.05) is 13.1 Å².